The molecule has 0 bridgehead atoms. The summed E-state index contributed by atoms with van der Waals surface area (Å²) in [6, 6.07) is 14.4. The lowest BCUT2D eigenvalue weighted by molar-refractivity contribution is 0.411. The zero-order valence-electron chi connectivity index (χ0n) is 13.5. The minimum atomic E-state index is -0.398. The number of rotatable bonds is 4. The van der Waals surface area contributed by atoms with E-state index < -0.39 is 5.82 Å². The lowest BCUT2D eigenvalue weighted by Gasteiger charge is -2.05. The maximum absolute atomic E-state index is 14.6. The van der Waals surface area contributed by atoms with E-state index in [-0.39, 0.29) is 0 Å². The van der Waals surface area contributed by atoms with Gasteiger partial charge in [-0.2, -0.15) is 5.10 Å². The number of hydrogen-bond donors (Lipinski definition) is 1. The molecule has 124 valence electrons. The number of H-pyrrole nitrogens is 1. The van der Waals surface area contributed by atoms with Crippen molar-refractivity contribution >= 4 is 0 Å². The first-order chi connectivity index (χ1) is 12.3. The molecule has 0 saturated heterocycles. The number of nitrogens with one attached hydrogen (secondary N) is 1. The fourth-order valence-corrected chi connectivity index (χ4v) is 2.69. The lowest BCUT2D eigenvalue weighted by atomic mass is 10.1. The highest BCUT2D eigenvalue weighted by atomic mass is 19.1. The van der Waals surface area contributed by atoms with E-state index in [1.165, 1.54) is 13.2 Å². The number of benzene rings is 2. The topological polar surface area (TPSA) is 55.7 Å². The molecule has 2 heterocycles. The molecule has 4 aromatic rings. The second-order valence-corrected chi connectivity index (χ2v) is 5.46. The third-order valence-electron chi connectivity index (χ3n) is 3.92. The fourth-order valence-electron chi connectivity index (χ4n) is 2.69. The highest BCUT2D eigenvalue weighted by Gasteiger charge is 2.19. The van der Waals surface area contributed by atoms with E-state index in [1.807, 2.05) is 36.5 Å². The predicted molar refractivity (Wildman–Crippen MR) is 93.1 cm³/mol. The number of halogens is 1. The molecule has 2 aromatic heterocycles. The summed E-state index contributed by atoms with van der Waals surface area (Å²) in [6.45, 7) is 0. The van der Waals surface area contributed by atoms with Crippen LogP contribution in [0, 0.1) is 5.82 Å². The summed E-state index contributed by atoms with van der Waals surface area (Å²) in [6.07, 6.45) is 5.22. The zero-order valence-corrected chi connectivity index (χ0v) is 13.5. The molecule has 0 radical (unpaired) electrons. The van der Waals surface area contributed by atoms with Crippen LogP contribution in [0.5, 0.6) is 5.75 Å². The van der Waals surface area contributed by atoms with Gasteiger partial charge in [-0.15, -0.1) is 0 Å². The Morgan fingerprint density at radius 2 is 1.92 bits per heavy atom. The SMILES string of the molecule is COc1ccc(-c2nn(-c3ccccc3)cc2-c2ncc[nH]2)c(F)c1. The van der Waals surface area contributed by atoms with Crippen molar-refractivity contribution in [3.05, 3.63) is 72.9 Å². The molecule has 25 heavy (non-hydrogen) atoms. The van der Waals surface area contributed by atoms with Gasteiger partial charge in [0.05, 0.1) is 18.4 Å². The van der Waals surface area contributed by atoms with Gasteiger partial charge in [-0.25, -0.2) is 14.1 Å². The molecule has 5 nitrogen and oxygen atoms in total. The van der Waals surface area contributed by atoms with Crippen molar-refractivity contribution in [2.75, 3.05) is 7.11 Å². The molecule has 0 aliphatic carbocycles. The second kappa shape index (κ2) is 6.24. The quantitative estimate of drug-likeness (QED) is 0.612. The Morgan fingerprint density at radius 1 is 1.08 bits per heavy atom. The smallest absolute Gasteiger partial charge is 0.141 e. The van der Waals surface area contributed by atoms with Gasteiger partial charge in [-0.1, -0.05) is 18.2 Å². The summed E-state index contributed by atoms with van der Waals surface area (Å²) in [4.78, 5) is 7.35. The first-order valence-electron chi connectivity index (χ1n) is 7.75. The van der Waals surface area contributed by atoms with Gasteiger partial charge in [0.1, 0.15) is 23.1 Å². The number of hydrogen-bond acceptors (Lipinski definition) is 3. The summed E-state index contributed by atoms with van der Waals surface area (Å²) in [7, 11) is 1.51. The van der Waals surface area contributed by atoms with Crippen LogP contribution in [0.2, 0.25) is 0 Å². The molecule has 4 rings (SSSR count). The summed E-state index contributed by atoms with van der Waals surface area (Å²) in [5.74, 6) is 0.696. The number of para-hydroxylation sites is 1. The number of aromatic nitrogens is 4. The normalized spacial score (nSPS) is 10.8. The molecule has 0 aliphatic heterocycles. The fraction of sp³-hybridized carbons (Fsp3) is 0.0526. The Labute approximate surface area is 143 Å². The Kier molecular flexibility index (Phi) is 3.78. The third kappa shape index (κ3) is 2.78. The molecular weight excluding hydrogens is 319 g/mol. The Hall–Kier alpha value is -3.41. The van der Waals surface area contributed by atoms with Gasteiger partial charge in [-0.05, 0) is 24.3 Å². The van der Waals surface area contributed by atoms with Gasteiger partial charge in [0.25, 0.3) is 0 Å². The van der Waals surface area contributed by atoms with Crippen LogP contribution < -0.4 is 4.74 Å². The number of imidazole rings is 1. The monoisotopic (exact) mass is 334 g/mol. The van der Waals surface area contributed by atoms with Crippen LogP contribution in [0.1, 0.15) is 0 Å². The standard InChI is InChI=1S/C19H15FN4O/c1-25-14-7-8-15(17(20)11-14)18-16(19-21-9-10-22-19)12-24(23-18)13-5-3-2-4-6-13/h2-12H,1H3,(H,21,22). The van der Waals surface area contributed by atoms with E-state index in [1.54, 1.807) is 29.2 Å². The van der Waals surface area contributed by atoms with E-state index in [9.17, 15) is 4.39 Å². The van der Waals surface area contributed by atoms with Crippen LogP contribution in [-0.4, -0.2) is 26.9 Å². The summed E-state index contributed by atoms with van der Waals surface area (Å²) < 4.78 is 21.4. The maximum Gasteiger partial charge on any atom is 0.141 e. The van der Waals surface area contributed by atoms with E-state index in [0.29, 0.717) is 22.8 Å². The molecule has 0 unspecified atom stereocenters. The van der Waals surface area contributed by atoms with Crippen LogP contribution in [-0.2, 0) is 0 Å². The molecular formula is C19H15FN4O. The molecule has 6 heteroatoms. The number of ether oxygens (including phenoxy) is 1. The second-order valence-electron chi connectivity index (χ2n) is 5.46. The molecule has 0 atom stereocenters. The number of nitrogens with zero attached hydrogens (tertiary/aromatic N) is 3. The molecule has 0 spiro atoms. The first-order valence-corrected chi connectivity index (χ1v) is 7.75. The summed E-state index contributed by atoms with van der Waals surface area (Å²) in [5, 5.41) is 4.60. The largest absolute Gasteiger partial charge is 0.497 e. The highest BCUT2D eigenvalue weighted by molar-refractivity contribution is 5.78. The van der Waals surface area contributed by atoms with Crippen molar-refractivity contribution in [2.45, 2.75) is 0 Å². The van der Waals surface area contributed by atoms with Crippen molar-refractivity contribution < 1.29 is 9.13 Å². The summed E-state index contributed by atoms with van der Waals surface area (Å²) in [5.41, 5.74) is 2.51. The molecule has 0 saturated carbocycles. The van der Waals surface area contributed by atoms with E-state index >= 15 is 0 Å². The van der Waals surface area contributed by atoms with Crippen LogP contribution >= 0.6 is 0 Å². The van der Waals surface area contributed by atoms with E-state index in [4.69, 9.17) is 4.74 Å². The van der Waals surface area contributed by atoms with Crippen LogP contribution in [0.3, 0.4) is 0 Å². The van der Waals surface area contributed by atoms with E-state index in [2.05, 4.69) is 15.1 Å². The molecule has 0 aliphatic rings. The molecule has 2 aromatic carbocycles. The van der Waals surface area contributed by atoms with Crippen molar-refractivity contribution in [3.63, 3.8) is 0 Å². The molecule has 1 N–H and O–H groups in total. The van der Waals surface area contributed by atoms with Crippen LogP contribution in [0.4, 0.5) is 4.39 Å². The minimum Gasteiger partial charge on any atom is -0.497 e. The van der Waals surface area contributed by atoms with Crippen molar-refractivity contribution in [1.29, 1.82) is 0 Å². The van der Waals surface area contributed by atoms with Crippen molar-refractivity contribution in [1.82, 2.24) is 19.7 Å². The van der Waals surface area contributed by atoms with Gasteiger partial charge in [0, 0.05) is 30.2 Å². The van der Waals surface area contributed by atoms with Gasteiger partial charge >= 0.3 is 0 Å². The van der Waals surface area contributed by atoms with Gasteiger partial charge in [-0.3, -0.25) is 0 Å². The van der Waals surface area contributed by atoms with Crippen LogP contribution in [0.15, 0.2) is 67.1 Å². The van der Waals surface area contributed by atoms with Gasteiger partial charge < -0.3 is 9.72 Å². The van der Waals surface area contributed by atoms with Gasteiger partial charge in [0.15, 0.2) is 0 Å². The Balaban J connectivity index is 1.90. The van der Waals surface area contributed by atoms with Crippen molar-refractivity contribution in [3.8, 4) is 34.1 Å². The average molecular weight is 334 g/mol. The number of methoxy groups -OCH3 is 1. The zero-order chi connectivity index (χ0) is 17.2. The van der Waals surface area contributed by atoms with Gasteiger partial charge in [0.2, 0.25) is 0 Å². The molecule has 0 amide bonds. The first kappa shape index (κ1) is 15.1. The number of aromatic amines is 1. The minimum absolute atomic E-state index is 0.391. The Bertz CT molecular complexity index is 994. The predicted octanol–water partition coefficient (Wildman–Crippen LogP) is 4.08. The Morgan fingerprint density at radius 3 is 2.60 bits per heavy atom. The average Bonchev–Trinajstić information content (AvgIpc) is 3.32. The third-order valence-corrected chi connectivity index (χ3v) is 3.92. The highest BCUT2D eigenvalue weighted by Crippen LogP contribution is 2.33. The van der Waals surface area contributed by atoms with Crippen LogP contribution in [0.25, 0.3) is 28.3 Å². The molecule has 0 fully saturated rings. The van der Waals surface area contributed by atoms with Crippen molar-refractivity contribution in [2.24, 2.45) is 0 Å². The summed E-state index contributed by atoms with van der Waals surface area (Å²) >= 11 is 0. The lowest BCUT2D eigenvalue weighted by Crippen LogP contribution is -1.95. The van der Waals surface area contributed by atoms with E-state index in [0.717, 1.165) is 11.3 Å². The maximum atomic E-state index is 14.6.